The molecule has 2 bridgehead atoms. The van der Waals surface area contributed by atoms with Gasteiger partial charge < -0.3 is 14.2 Å². The molecule has 1 aromatic heterocycles. The van der Waals surface area contributed by atoms with Crippen LogP contribution in [0.4, 0.5) is 0 Å². The Morgan fingerprint density at radius 1 is 1.36 bits per heavy atom. The van der Waals surface area contributed by atoms with Crippen molar-refractivity contribution in [3.8, 4) is 0 Å². The van der Waals surface area contributed by atoms with Crippen molar-refractivity contribution < 1.29 is 19.2 Å². The van der Waals surface area contributed by atoms with Crippen LogP contribution in [0.2, 0.25) is 0 Å². The molecule has 1 N–H and O–H groups in total. The van der Waals surface area contributed by atoms with Gasteiger partial charge in [-0.15, -0.1) is 0 Å². The smallest absolute Gasteiger partial charge is 0.313 e. The molecule has 1 saturated heterocycles. The van der Waals surface area contributed by atoms with Crippen molar-refractivity contribution >= 4 is 11.8 Å². The van der Waals surface area contributed by atoms with Crippen LogP contribution in [0.15, 0.2) is 23.0 Å². The van der Waals surface area contributed by atoms with E-state index in [0.29, 0.717) is 18.4 Å². The summed E-state index contributed by atoms with van der Waals surface area (Å²) in [5, 5.41) is 0. The number of carbonyl (C=O) groups excluding carboxylic acids is 2. The summed E-state index contributed by atoms with van der Waals surface area (Å²) in [5.41, 5.74) is 1.15. The van der Waals surface area contributed by atoms with Crippen molar-refractivity contribution in [2.24, 2.45) is 5.92 Å². The molecule has 1 unspecified atom stereocenters. The van der Waals surface area contributed by atoms with Crippen LogP contribution in [0.25, 0.3) is 0 Å². The van der Waals surface area contributed by atoms with E-state index in [1.165, 1.54) is 12.0 Å². The van der Waals surface area contributed by atoms with Gasteiger partial charge in [0.05, 0.1) is 20.2 Å². The summed E-state index contributed by atoms with van der Waals surface area (Å²) < 4.78 is 6.42. The number of fused-ring (bicyclic) bond motifs is 4. The Balaban J connectivity index is 1.70. The van der Waals surface area contributed by atoms with Gasteiger partial charge in [0, 0.05) is 30.1 Å². The zero-order valence-corrected chi connectivity index (χ0v) is 12.7. The average molecular weight is 305 g/mol. The standard InChI is InChI=1S/C16H20N2O4/c1-22-16(21)6-13(19)10-17-7-11-5-12(9-17)14-3-2-4-15(20)18(14)8-11/h2-4,11-12H,5-10H2,1H3/p+1/t11-,12+/m0/s1. The van der Waals surface area contributed by atoms with Gasteiger partial charge in [-0.1, -0.05) is 6.07 Å². The lowest BCUT2D eigenvalue weighted by Gasteiger charge is -2.40. The van der Waals surface area contributed by atoms with Crippen molar-refractivity contribution in [2.75, 3.05) is 26.7 Å². The fourth-order valence-corrected chi connectivity index (χ4v) is 3.84. The zero-order chi connectivity index (χ0) is 15.7. The van der Waals surface area contributed by atoms with Crippen LogP contribution in [0.3, 0.4) is 0 Å². The van der Waals surface area contributed by atoms with Gasteiger partial charge in [0.15, 0.2) is 5.78 Å². The van der Waals surface area contributed by atoms with Gasteiger partial charge in [0.2, 0.25) is 0 Å². The monoisotopic (exact) mass is 305 g/mol. The Morgan fingerprint density at radius 3 is 2.95 bits per heavy atom. The number of Topliss-reactive ketones (excluding diaryl/α,β-unsaturated/α-hetero) is 1. The van der Waals surface area contributed by atoms with E-state index in [0.717, 1.165) is 31.7 Å². The summed E-state index contributed by atoms with van der Waals surface area (Å²) >= 11 is 0. The number of methoxy groups -OCH3 is 1. The number of piperidine rings is 1. The molecule has 3 atom stereocenters. The molecule has 0 spiro atoms. The second-order valence-electron chi connectivity index (χ2n) is 6.32. The summed E-state index contributed by atoms with van der Waals surface area (Å²) in [4.78, 5) is 36.3. The maximum atomic E-state index is 12.0. The third-order valence-electron chi connectivity index (χ3n) is 4.69. The minimum Gasteiger partial charge on any atom is -0.469 e. The number of quaternary nitrogens is 1. The zero-order valence-electron chi connectivity index (χ0n) is 12.7. The number of aromatic nitrogens is 1. The first-order chi connectivity index (χ1) is 10.6. The molecule has 0 saturated carbocycles. The van der Waals surface area contributed by atoms with Crippen molar-refractivity contribution in [1.82, 2.24) is 4.57 Å². The van der Waals surface area contributed by atoms with Gasteiger partial charge in [0.1, 0.15) is 13.0 Å². The first-order valence-electron chi connectivity index (χ1n) is 7.68. The number of pyridine rings is 1. The third-order valence-corrected chi connectivity index (χ3v) is 4.69. The lowest BCUT2D eigenvalue weighted by Crippen LogP contribution is -3.15. The molecule has 2 aliphatic rings. The number of likely N-dealkylation sites (tertiary alicyclic amines) is 1. The van der Waals surface area contributed by atoms with Crippen molar-refractivity contribution in [1.29, 1.82) is 0 Å². The summed E-state index contributed by atoms with van der Waals surface area (Å²) in [6.07, 6.45) is 0.934. The molecule has 6 nitrogen and oxygen atoms in total. The highest BCUT2D eigenvalue weighted by Crippen LogP contribution is 2.29. The molecular formula is C16H21N2O4+. The van der Waals surface area contributed by atoms with Crippen LogP contribution >= 0.6 is 0 Å². The lowest BCUT2D eigenvalue weighted by molar-refractivity contribution is -0.903. The van der Waals surface area contributed by atoms with Crippen molar-refractivity contribution in [2.45, 2.75) is 25.3 Å². The van der Waals surface area contributed by atoms with Gasteiger partial charge in [0.25, 0.3) is 5.56 Å². The molecular weight excluding hydrogens is 284 g/mol. The van der Waals surface area contributed by atoms with E-state index in [9.17, 15) is 14.4 Å². The Morgan fingerprint density at radius 2 is 2.18 bits per heavy atom. The number of ketones is 1. The molecule has 3 rings (SSSR count). The van der Waals surface area contributed by atoms with Crippen LogP contribution in [0, 0.1) is 5.92 Å². The molecule has 3 heterocycles. The SMILES string of the molecule is COC(=O)CC(=O)C[NH+]1C[C@@H]2C[C@H](C1)c1cccc(=O)n1C2. The molecule has 1 aromatic rings. The average Bonchev–Trinajstić information content (AvgIpc) is 2.48. The van der Waals surface area contributed by atoms with Crippen molar-refractivity contribution in [3.05, 3.63) is 34.2 Å². The summed E-state index contributed by atoms with van der Waals surface area (Å²) in [6, 6.07) is 5.43. The van der Waals surface area contributed by atoms with E-state index >= 15 is 0 Å². The molecule has 6 heteroatoms. The topological polar surface area (TPSA) is 69.8 Å². The molecule has 0 aromatic carbocycles. The number of ether oxygens (including phenoxy) is 1. The van der Waals surface area contributed by atoms with Crippen LogP contribution < -0.4 is 10.5 Å². The number of esters is 1. The number of nitrogens with zero attached hydrogens (tertiary/aromatic N) is 1. The highest BCUT2D eigenvalue weighted by Gasteiger charge is 2.37. The first kappa shape index (κ1) is 15.0. The fraction of sp³-hybridized carbons (Fsp3) is 0.562. The van der Waals surface area contributed by atoms with Crippen molar-refractivity contribution in [3.63, 3.8) is 0 Å². The maximum Gasteiger partial charge on any atom is 0.313 e. The molecule has 2 aliphatic heterocycles. The lowest BCUT2D eigenvalue weighted by atomic mass is 9.83. The highest BCUT2D eigenvalue weighted by atomic mass is 16.5. The molecule has 1 fully saturated rings. The van der Waals surface area contributed by atoms with Crippen LogP contribution in [-0.4, -0.2) is 43.1 Å². The highest BCUT2D eigenvalue weighted by molar-refractivity contribution is 5.95. The number of carbonyl (C=O) groups is 2. The van der Waals surface area contributed by atoms with E-state index in [4.69, 9.17) is 0 Å². The normalized spacial score (nSPS) is 26.1. The van der Waals surface area contributed by atoms with Crippen LogP contribution in [0.1, 0.15) is 24.5 Å². The molecule has 118 valence electrons. The fourth-order valence-electron chi connectivity index (χ4n) is 3.84. The molecule has 0 amide bonds. The molecule has 0 radical (unpaired) electrons. The minimum absolute atomic E-state index is 0.0671. The predicted molar refractivity (Wildman–Crippen MR) is 78.8 cm³/mol. The summed E-state index contributed by atoms with van der Waals surface area (Å²) in [5.74, 6) is 0.195. The number of rotatable bonds is 4. The predicted octanol–water partition coefficient (Wildman–Crippen LogP) is -1.02. The Kier molecular flexibility index (Phi) is 4.11. The Hall–Kier alpha value is -1.95. The Bertz CT molecular complexity index is 652. The second kappa shape index (κ2) is 6.04. The molecule has 0 aliphatic carbocycles. The van der Waals surface area contributed by atoms with Gasteiger partial charge in [-0.2, -0.15) is 0 Å². The second-order valence-corrected chi connectivity index (χ2v) is 6.32. The quantitative estimate of drug-likeness (QED) is 0.571. The van der Waals surface area contributed by atoms with E-state index < -0.39 is 5.97 Å². The van der Waals surface area contributed by atoms with Gasteiger partial charge in [-0.25, -0.2) is 0 Å². The van der Waals surface area contributed by atoms with Crippen LogP contribution in [-0.2, 0) is 20.9 Å². The van der Waals surface area contributed by atoms with Crippen LogP contribution in [0.5, 0.6) is 0 Å². The van der Waals surface area contributed by atoms with E-state index in [2.05, 4.69) is 4.74 Å². The van der Waals surface area contributed by atoms with E-state index in [1.807, 2.05) is 16.7 Å². The van der Waals surface area contributed by atoms with Gasteiger partial charge in [-0.3, -0.25) is 14.4 Å². The largest absolute Gasteiger partial charge is 0.469 e. The third kappa shape index (κ3) is 2.97. The maximum absolute atomic E-state index is 12.0. The summed E-state index contributed by atoms with van der Waals surface area (Å²) in [6.45, 7) is 2.82. The molecule has 22 heavy (non-hydrogen) atoms. The van der Waals surface area contributed by atoms with Gasteiger partial charge in [-0.05, 0) is 12.5 Å². The number of nitrogens with one attached hydrogen (secondary N) is 1. The number of hydrogen-bond donors (Lipinski definition) is 1. The van der Waals surface area contributed by atoms with E-state index in [1.54, 1.807) is 6.07 Å². The summed E-state index contributed by atoms with van der Waals surface area (Å²) in [7, 11) is 1.29. The number of hydrogen-bond acceptors (Lipinski definition) is 4. The minimum atomic E-state index is -0.474. The van der Waals surface area contributed by atoms with E-state index in [-0.39, 0.29) is 17.8 Å². The Labute approximate surface area is 128 Å². The van der Waals surface area contributed by atoms with Gasteiger partial charge >= 0.3 is 5.97 Å². The first-order valence-corrected chi connectivity index (χ1v) is 7.68.